The number of rotatable bonds is 6. The first-order valence-corrected chi connectivity index (χ1v) is 7.80. The highest BCUT2D eigenvalue weighted by Gasteiger charge is 2.03. The molecule has 2 aromatic rings. The third kappa shape index (κ3) is 4.15. The van der Waals surface area contributed by atoms with Gasteiger partial charge in [-0.1, -0.05) is 0 Å². The van der Waals surface area contributed by atoms with Crippen LogP contribution in [0.25, 0.3) is 6.08 Å². The molecule has 104 valence electrons. The minimum atomic E-state index is -0.926. The summed E-state index contributed by atoms with van der Waals surface area (Å²) in [5.74, 6) is 0.740. The molecule has 0 bridgehead atoms. The molecule has 0 aliphatic rings. The number of benzene rings is 1. The van der Waals surface area contributed by atoms with Crippen LogP contribution >= 0.6 is 23.1 Å². The molecule has 5 heteroatoms. The molecule has 0 saturated heterocycles. The number of methoxy groups -OCH3 is 1. The number of carboxylic acid groups (broad SMARTS) is 1. The quantitative estimate of drug-likeness (QED) is 0.643. The number of hydrogen-bond acceptors (Lipinski definition) is 4. The Morgan fingerprint density at radius 3 is 2.75 bits per heavy atom. The van der Waals surface area contributed by atoms with Crippen LogP contribution in [0.3, 0.4) is 0 Å². The summed E-state index contributed by atoms with van der Waals surface area (Å²) < 4.78 is 5.12. The SMILES string of the molecule is COc1ccc(SCc2sccc2C=CC(=O)O)cc1. The van der Waals surface area contributed by atoms with Crippen LogP contribution in [0.4, 0.5) is 0 Å². The molecule has 0 aliphatic heterocycles. The fourth-order valence-corrected chi connectivity index (χ4v) is 3.49. The van der Waals surface area contributed by atoms with E-state index in [-0.39, 0.29) is 0 Å². The van der Waals surface area contributed by atoms with Gasteiger partial charge in [0.25, 0.3) is 0 Å². The summed E-state index contributed by atoms with van der Waals surface area (Å²) in [5, 5.41) is 10.6. The lowest BCUT2D eigenvalue weighted by Crippen LogP contribution is -1.86. The number of carboxylic acids is 1. The third-order valence-electron chi connectivity index (χ3n) is 2.61. The summed E-state index contributed by atoms with van der Waals surface area (Å²) in [4.78, 5) is 12.9. The van der Waals surface area contributed by atoms with Gasteiger partial charge in [-0.3, -0.25) is 0 Å². The highest BCUT2D eigenvalue weighted by atomic mass is 32.2. The first kappa shape index (κ1) is 14.7. The van der Waals surface area contributed by atoms with Crippen molar-refractivity contribution in [1.29, 1.82) is 0 Å². The van der Waals surface area contributed by atoms with Crippen LogP contribution in [0.2, 0.25) is 0 Å². The second kappa shape index (κ2) is 7.17. The summed E-state index contributed by atoms with van der Waals surface area (Å²) in [6, 6.07) is 9.84. The standard InChI is InChI=1S/C15H14O3S2/c1-18-12-3-5-13(6-4-12)20-10-14-11(8-9-19-14)2-7-15(16)17/h2-9H,10H2,1H3,(H,16,17). The molecule has 1 aromatic carbocycles. The Morgan fingerprint density at radius 2 is 2.10 bits per heavy atom. The Labute approximate surface area is 125 Å². The molecule has 0 amide bonds. The Hall–Kier alpha value is -1.72. The summed E-state index contributed by atoms with van der Waals surface area (Å²) in [7, 11) is 1.65. The van der Waals surface area contributed by atoms with Gasteiger partial charge in [-0.15, -0.1) is 23.1 Å². The Bertz CT molecular complexity index is 600. The van der Waals surface area contributed by atoms with Crippen LogP contribution in [0.1, 0.15) is 10.4 Å². The van der Waals surface area contributed by atoms with E-state index in [1.165, 1.54) is 11.0 Å². The minimum Gasteiger partial charge on any atom is -0.497 e. The van der Waals surface area contributed by atoms with E-state index in [2.05, 4.69) is 0 Å². The average Bonchev–Trinajstić information content (AvgIpc) is 2.91. The van der Waals surface area contributed by atoms with Crippen molar-refractivity contribution in [2.45, 2.75) is 10.6 Å². The molecule has 0 radical (unpaired) electrons. The molecule has 2 rings (SSSR count). The van der Waals surface area contributed by atoms with Crippen molar-refractivity contribution in [3.63, 3.8) is 0 Å². The predicted molar refractivity (Wildman–Crippen MR) is 83.5 cm³/mol. The van der Waals surface area contributed by atoms with E-state index in [4.69, 9.17) is 9.84 Å². The monoisotopic (exact) mass is 306 g/mol. The second-order valence-electron chi connectivity index (χ2n) is 3.93. The van der Waals surface area contributed by atoms with E-state index < -0.39 is 5.97 Å². The molecule has 20 heavy (non-hydrogen) atoms. The summed E-state index contributed by atoms with van der Waals surface area (Å²) in [5.41, 5.74) is 0.971. The van der Waals surface area contributed by atoms with Crippen molar-refractivity contribution in [3.8, 4) is 5.75 Å². The lowest BCUT2D eigenvalue weighted by Gasteiger charge is -2.03. The Morgan fingerprint density at radius 1 is 1.35 bits per heavy atom. The zero-order chi connectivity index (χ0) is 14.4. The highest BCUT2D eigenvalue weighted by molar-refractivity contribution is 7.98. The van der Waals surface area contributed by atoms with E-state index in [9.17, 15) is 4.79 Å². The van der Waals surface area contributed by atoms with E-state index in [0.29, 0.717) is 0 Å². The molecule has 0 fully saturated rings. The van der Waals surface area contributed by atoms with Crippen LogP contribution in [0.5, 0.6) is 5.75 Å². The lowest BCUT2D eigenvalue weighted by molar-refractivity contribution is -0.131. The van der Waals surface area contributed by atoms with Crippen molar-refractivity contribution >= 4 is 35.1 Å². The van der Waals surface area contributed by atoms with Gasteiger partial charge in [-0.2, -0.15) is 0 Å². The van der Waals surface area contributed by atoms with E-state index in [0.717, 1.165) is 22.0 Å². The van der Waals surface area contributed by atoms with Gasteiger partial charge < -0.3 is 9.84 Å². The Kier molecular flexibility index (Phi) is 5.26. The number of aliphatic carboxylic acids is 1. The van der Waals surface area contributed by atoms with Crippen LogP contribution in [0.15, 0.2) is 46.7 Å². The third-order valence-corrected chi connectivity index (χ3v) is 4.77. The molecule has 0 saturated carbocycles. The molecule has 3 nitrogen and oxygen atoms in total. The maximum atomic E-state index is 10.5. The smallest absolute Gasteiger partial charge is 0.328 e. The molecule has 1 heterocycles. The maximum Gasteiger partial charge on any atom is 0.328 e. The van der Waals surface area contributed by atoms with E-state index >= 15 is 0 Å². The van der Waals surface area contributed by atoms with Crippen LogP contribution in [-0.2, 0) is 10.5 Å². The fraction of sp³-hybridized carbons (Fsp3) is 0.133. The van der Waals surface area contributed by atoms with Crippen molar-refractivity contribution in [2.75, 3.05) is 7.11 Å². The van der Waals surface area contributed by atoms with Gasteiger partial charge in [0.15, 0.2) is 0 Å². The van der Waals surface area contributed by atoms with Crippen molar-refractivity contribution in [2.24, 2.45) is 0 Å². The molecule has 0 spiro atoms. The van der Waals surface area contributed by atoms with Crippen molar-refractivity contribution in [1.82, 2.24) is 0 Å². The van der Waals surface area contributed by atoms with Gasteiger partial charge in [0, 0.05) is 21.6 Å². The normalized spacial score (nSPS) is 10.8. The van der Waals surface area contributed by atoms with E-state index in [1.807, 2.05) is 35.7 Å². The fourth-order valence-electron chi connectivity index (χ4n) is 1.60. The maximum absolute atomic E-state index is 10.5. The largest absolute Gasteiger partial charge is 0.497 e. The summed E-state index contributed by atoms with van der Waals surface area (Å²) >= 11 is 3.36. The number of thioether (sulfide) groups is 1. The molecule has 0 atom stereocenters. The zero-order valence-electron chi connectivity index (χ0n) is 10.9. The molecule has 0 unspecified atom stereocenters. The molecule has 1 N–H and O–H groups in total. The van der Waals surface area contributed by atoms with Crippen LogP contribution in [-0.4, -0.2) is 18.2 Å². The lowest BCUT2D eigenvalue weighted by atomic mass is 10.2. The predicted octanol–water partition coefficient (Wildman–Crippen LogP) is 4.15. The first-order valence-electron chi connectivity index (χ1n) is 5.93. The molecular weight excluding hydrogens is 292 g/mol. The zero-order valence-corrected chi connectivity index (χ0v) is 12.5. The number of carbonyl (C=O) groups is 1. The molecular formula is C15H14O3S2. The van der Waals surface area contributed by atoms with Crippen molar-refractivity contribution < 1.29 is 14.6 Å². The first-order chi connectivity index (χ1) is 9.69. The summed E-state index contributed by atoms with van der Waals surface area (Å²) in [6.45, 7) is 0. The molecule has 0 aliphatic carbocycles. The average molecular weight is 306 g/mol. The highest BCUT2D eigenvalue weighted by Crippen LogP contribution is 2.29. The van der Waals surface area contributed by atoms with E-state index in [1.54, 1.807) is 36.3 Å². The van der Waals surface area contributed by atoms with Gasteiger partial charge >= 0.3 is 5.97 Å². The topological polar surface area (TPSA) is 46.5 Å². The van der Waals surface area contributed by atoms with Gasteiger partial charge in [0.05, 0.1) is 7.11 Å². The van der Waals surface area contributed by atoms with Gasteiger partial charge in [-0.25, -0.2) is 4.79 Å². The second-order valence-corrected chi connectivity index (χ2v) is 5.98. The van der Waals surface area contributed by atoms with Crippen molar-refractivity contribution in [3.05, 3.63) is 52.2 Å². The van der Waals surface area contributed by atoms with Gasteiger partial charge in [-0.05, 0) is 47.4 Å². The molecule has 1 aromatic heterocycles. The minimum absolute atomic E-state index is 0.823. The van der Waals surface area contributed by atoms with Crippen LogP contribution in [0, 0.1) is 0 Å². The number of thiophene rings is 1. The summed E-state index contributed by atoms with van der Waals surface area (Å²) in [6.07, 6.45) is 2.81. The van der Waals surface area contributed by atoms with Gasteiger partial charge in [0.1, 0.15) is 5.75 Å². The number of hydrogen-bond donors (Lipinski definition) is 1. The van der Waals surface area contributed by atoms with Gasteiger partial charge in [0.2, 0.25) is 0 Å². The van der Waals surface area contributed by atoms with Crippen LogP contribution < -0.4 is 4.74 Å². The Balaban J connectivity index is 2.00. The number of ether oxygens (including phenoxy) is 1.